The van der Waals surface area contributed by atoms with E-state index < -0.39 is 0 Å². The monoisotopic (exact) mass is 222 g/mol. The molecule has 1 fully saturated rings. The molecule has 0 bridgehead atoms. The number of aromatic nitrogens is 2. The van der Waals surface area contributed by atoms with Crippen molar-refractivity contribution >= 4 is 5.82 Å². The van der Waals surface area contributed by atoms with E-state index in [9.17, 15) is 4.79 Å². The molecule has 2 rings (SSSR count). The third-order valence-corrected chi connectivity index (χ3v) is 2.84. The van der Waals surface area contributed by atoms with Crippen LogP contribution in [0.1, 0.15) is 32.0 Å². The number of nitrogens with two attached hydrogens (primary N) is 1. The van der Waals surface area contributed by atoms with Crippen molar-refractivity contribution in [3.05, 3.63) is 22.2 Å². The average Bonchev–Trinajstić information content (AvgIpc) is 2.64. The van der Waals surface area contributed by atoms with Crippen LogP contribution in [0.5, 0.6) is 0 Å². The third-order valence-electron chi connectivity index (χ3n) is 2.84. The first-order valence-corrected chi connectivity index (χ1v) is 5.68. The molecule has 0 saturated carbocycles. The number of H-pyrrole nitrogens is 1. The molecular weight excluding hydrogens is 204 g/mol. The van der Waals surface area contributed by atoms with Crippen LogP contribution in [0.25, 0.3) is 0 Å². The highest BCUT2D eigenvalue weighted by Gasteiger charge is 2.21. The summed E-state index contributed by atoms with van der Waals surface area (Å²) >= 11 is 0. The van der Waals surface area contributed by atoms with Gasteiger partial charge in [-0.25, -0.2) is 4.98 Å². The van der Waals surface area contributed by atoms with Gasteiger partial charge in [-0.05, 0) is 6.42 Å². The van der Waals surface area contributed by atoms with Crippen LogP contribution in [0.15, 0.2) is 10.9 Å². The summed E-state index contributed by atoms with van der Waals surface area (Å²) in [5.41, 5.74) is 5.75. The number of rotatable bonds is 2. The van der Waals surface area contributed by atoms with Crippen molar-refractivity contribution in [3.8, 4) is 0 Å². The second-order valence-electron chi connectivity index (χ2n) is 4.64. The lowest BCUT2D eigenvalue weighted by atomic mass is 10.2. The summed E-state index contributed by atoms with van der Waals surface area (Å²) in [5.74, 6) is 1.72. The molecule has 1 aromatic rings. The van der Waals surface area contributed by atoms with Crippen molar-refractivity contribution in [3.63, 3.8) is 0 Å². The highest BCUT2D eigenvalue weighted by molar-refractivity contribution is 5.39. The highest BCUT2D eigenvalue weighted by atomic mass is 16.1. The molecule has 1 aromatic heterocycles. The summed E-state index contributed by atoms with van der Waals surface area (Å²) in [6.45, 7) is 5.69. The Morgan fingerprint density at radius 1 is 1.62 bits per heavy atom. The zero-order valence-electron chi connectivity index (χ0n) is 9.73. The van der Waals surface area contributed by atoms with Gasteiger partial charge in [0.15, 0.2) is 0 Å². The van der Waals surface area contributed by atoms with Gasteiger partial charge in [-0.3, -0.25) is 4.79 Å². The minimum absolute atomic E-state index is 0.0887. The number of nitrogens with one attached hydrogen (secondary N) is 1. The molecule has 5 nitrogen and oxygen atoms in total. The maximum atomic E-state index is 11.5. The maximum absolute atomic E-state index is 11.5. The van der Waals surface area contributed by atoms with E-state index in [2.05, 4.69) is 14.9 Å². The SMILES string of the molecule is CC(C)c1nc(N2CCC(N)C2)cc(=O)[nH]1. The molecule has 1 atom stereocenters. The van der Waals surface area contributed by atoms with Crippen LogP contribution >= 0.6 is 0 Å². The first kappa shape index (κ1) is 11.1. The third kappa shape index (κ3) is 2.24. The molecule has 3 N–H and O–H groups in total. The van der Waals surface area contributed by atoms with Crippen LogP contribution in [0.4, 0.5) is 5.82 Å². The topological polar surface area (TPSA) is 75.0 Å². The lowest BCUT2D eigenvalue weighted by Crippen LogP contribution is -2.28. The Labute approximate surface area is 94.7 Å². The molecule has 0 amide bonds. The van der Waals surface area contributed by atoms with Gasteiger partial charge >= 0.3 is 0 Å². The lowest BCUT2D eigenvalue weighted by Gasteiger charge is -2.17. The largest absolute Gasteiger partial charge is 0.355 e. The Hall–Kier alpha value is -1.36. The van der Waals surface area contributed by atoms with E-state index in [1.807, 2.05) is 13.8 Å². The van der Waals surface area contributed by atoms with Gasteiger partial charge in [-0.1, -0.05) is 13.8 Å². The van der Waals surface area contributed by atoms with Gasteiger partial charge in [-0.15, -0.1) is 0 Å². The first-order valence-electron chi connectivity index (χ1n) is 5.68. The molecule has 2 heterocycles. The normalized spacial score (nSPS) is 20.8. The molecule has 0 aromatic carbocycles. The van der Waals surface area contributed by atoms with Crippen LogP contribution in [0.2, 0.25) is 0 Å². The number of aromatic amines is 1. The fourth-order valence-corrected chi connectivity index (χ4v) is 1.89. The lowest BCUT2D eigenvalue weighted by molar-refractivity contribution is 0.743. The molecule has 0 radical (unpaired) electrons. The van der Waals surface area contributed by atoms with Crippen molar-refractivity contribution in [1.82, 2.24) is 9.97 Å². The van der Waals surface area contributed by atoms with Crippen LogP contribution in [-0.2, 0) is 0 Å². The fraction of sp³-hybridized carbons (Fsp3) is 0.636. The minimum atomic E-state index is -0.0887. The highest BCUT2D eigenvalue weighted by Crippen LogP contribution is 2.17. The van der Waals surface area contributed by atoms with Gasteiger partial charge in [0.25, 0.3) is 5.56 Å². The predicted molar refractivity (Wildman–Crippen MR) is 63.8 cm³/mol. The van der Waals surface area contributed by atoms with Crippen molar-refractivity contribution in [2.75, 3.05) is 18.0 Å². The Morgan fingerprint density at radius 3 is 2.94 bits per heavy atom. The van der Waals surface area contributed by atoms with Gasteiger partial charge in [0.1, 0.15) is 11.6 Å². The summed E-state index contributed by atoms with van der Waals surface area (Å²) < 4.78 is 0. The maximum Gasteiger partial charge on any atom is 0.252 e. The van der Waals surface area contributed by atoms with E-state index in [0.29, 0.717) is 0 Å². The van der Waals surface area contributed by atoms with Crippen LogP contribution < -0.4 is 16.2 Å². The van der Waals surface area contributed by atoms with E-state index in [-0.39, 0.29) is 17.5 Å². The van der Waals surface area contributed by atoms with Crippen LogP contribution in [0.3, 0.4) is 0 Å². The molecule has 5 heteroatoms. The summed E-state index contributed by atoms with van der Waals surface area (Å²) in [4.78, 5) is 20.8. The van der Waals surface area contributed by atoms with Gasteiger partial charge in [0.05, 0.1) is 0 Å². The zero-order chi connectivity index (χ0) is 11.7. The molecule has 1 aliphatic heterocycles. The van der Waals surface area contributed by atoms with E-state index in [1.165, 1.54) is 0 Å². The van der Waals surface area contributed by atoms with Gasteiger partial charge in [0, 0.05) is 31.1 Å². The molecular formula is C11H18N4O. The molecule has 1 unspecified atom stereocenters. The number of hydrogen-bond donors (Lipinski definition) is 2. The molecule has 1 saturated heterocycles. The van der Waals surface area contributed by atoms with Crippen molar-refractivity contribution in [2.24, 2.45) is 5.73 Å². The van der Waals surface area contributed by atoms with Crippen LogP contribution in [-0.4, -0.2) is 29.1 Å². The fourth-order valence-electron chi connectivity index (χ4n) is 1.89. The second kappa shape index (κ2) is 4.25. The van der Waals surface area contributed by atoms with E-state index in [1.54, 1.807) is 6.07 Å². The van der Waals surface area contributed by atoms with E-state index in [0.717, 1.165) is 31.2 Å². The second-order valence-corrected chi connectivity index (χ2v) is 4.64. The Bertz CT molecular complexity index is 426. The average molecular weight is 222 g/mol. The molecule has 0 spiro atoms. The smallest absolute Gasteiger partial charge is 0.252 e. The zero-order valence-corrected chi connectivity index (χ0v) is 9.73. The van der Waals surface area contributed by atoms with Crippen LogP contribution in [0, 0.1) is 0 Å². The van der Waals surface area contributed by atoms with Gasteiger partial charge in [0.2, 0.25) is 0 Å². The Morgan fingerprint density at radius 2 is 2.38 bits per heavy atom. The Kier molecular flexibility index (Phi) is 2.96. The molecule has 0 aliphatic carbocycles. The van der Waals surface area contributed by atoms with Gasteiger partial charge < -0.3 is 15.6 Å². The van der Waals surface area contributed by atoms with E-state index in [4.69, 9.17) is 5.73 Å². The minimum Gasteiger partial charge on any atom is -0.355 e. The summed E-state index contributed by atoms with van der Waals surface area (Å²) in [7, 11) is 0. The van der Waals surface area contributed by atoms with E-state index >= 15 is 0 Å². The summed E-state index contributed by atoms with van der Waals surface area (Å²) in [6, 6.07) is 1.74. The molecule has 88 valence electrons. The number of hydrogen-bond acceptors (Lipinski definition) is 4. The molecule has 1 aliphatic rings. The standard InChI is InChI=1S/C11H18N4O/c1-7(2)11-13-9(5-10(16)14-11)15-4-3-8(12)6-15/h5,7-8H,3-4,6,12H2,1-2H3,(H,13,14,16). The predicted octanol–water partition coefficient (Wildman–Crippen LogP) is 0.431. The van der Waals surface area contributed by atoms with Gasteiger partial charge in [-0.2, -0.15) is 0 Å². The summed E-state index contributed by atoms with van der Waals surface area (Å²) in [6.07, 6.45) is 0.964. The number of nitrogens with zero attached hydrogens (tertiary/aromatic N) is 2. The number of anilines is 1. The van der Waals surface area contributed by atoms with Crippen molar-refractivity contribution in [2.45, 2.75) is 32.2 Å². The molecule has 16 heavy (non-hydrogen) atoms. The van der Waals surface area contributed by atoms with Crippen molar-refractivity contribution < 1.29 is 0 Å². The summed E-state index contributed by atoms with van der Waals surface area (Å²) in [5, 5.41) is 0. The van der Waals surface area contributed by atoms with Crippen molar-refractivity contribution in [1.29, 1.82) is 0 Å². The Balaban J connectivity index is 2.30. The first-order chi connectivity index (χ1) is 7.56. The quantitative estimate of drug-likeness (QED) is 0.761.